The SMILES string of the molecule is COc1ccccc1-c1nccnc1[C@H]1CCCN(C(=O)c2cccnc2)C1. The van der Waals surface area contributed by atoms with Gasteiger partial charge in [-0.1, -0.05) is 12.1 Å². The van der Waals surface area contributed by atoms with Crippen molar-refractivity contribution < 1.29 is 9.53 Å². The lowest BCUT2D eigenvalue weighted by Gasteiger charge is -2.33. The fourth-order valence-corrected chi connectivity index (χ4v) is 3.75. The molecule has 1 aromatic carbocycles. The Kier molecular flexibility index (Phi) is 5.28. The van der Waals surface area contributed by atoms with Gasteiger partial charge in [0.25, 0.3) is 5.91 Å². The summed E-state index contributed by atoms with van der Waals surface area (Å²) < 4.78 is 5.52. The van der Waals surface area contributed by atoms with Gasteiger partial charge in [-0.2, -0.15) is 0 Å². The van der Waals surface area contributed by atoms with E-state index in [-0.39, 0.29) is 11.8 Å². The molecule has 0 N–H and O–H groups in total. The maximum absolute atomic E-state index is 12.9. The normalized spacial score (nSPS) is 16.6. The smallest absolute Gasteiger partial charge is 0.255 e. The summed E-state index contributed by atoms with van der Waals surface area (Å²) in [6, 6.07) is 11.4. The van der Waals surface area contributed by atoms with E-state index in [0.717, 1.165) is 42.1 Å². The van der Waals surface area contributed by atoms with Crippen molar-refractivity contribution in [1.82, 2.24) is 19.9 Å². The Morgan fingerprint density at radius 2 is 1.96 bits per heavy atom. The van der Waals surface area contributed by atoms with E-state index in [0.29, 0.717) is 12.1 Å². The number of likely N-dealkylation sites (tertiary alicyclic amines) is 1. The van der Waals surface area contributed by atoms with Crippen LogP contribution in [0, 0.1) is 0 Å². The van der Waals surface area contributed by atoms with Gasteiger partial charge in [-0.3, -0.25) is 19.7 Å². The minimum atomic E-state index is 0.0144. The third-order valence-corrected chi connectivity index (χ3v) is 5.09. The predicted octanol–water partition coefficient (Wildman–Crippen LogP) is 3.57. The summed E-state index contributed by atoms with van der Waals surface area (Å²) in [4.78, 5) is 28.1. The van der Waals surface area contributed by atoms with Crippen molar-refractivity contribution in [3.8, 4) is 17.0 Å². The molecule has 142 valence electrons. The minimum absolute atomic E-state index is 0.0144. The molecule has 6 nitrogen and oxygen atoms in total. The first kappa shape index (κ1) is 18.1. The van der Waals surface area contributed by atoms with E-state index in [1.807, 2.05) is 35.2 Å². The predicted molar refractivity (Wildman–Crippen MR) is 106 cm³/mol. The highest BCUT2D eigenvalue weighted by Gasteiger charge is 2.29. The van der Waals surface area contributed by atoms with Crippen LogP contribution in [0.3, 0.4) is 0 Å². The number of hydrogen-bond donors (Lipinski definition) is 0. The molecule has 3 aromatic rings. The number of rotatable bonds is 4. The molecule has 0 aliphatic carbocycles. The van der Waals surface area contributed by atoms with Crippen LogP contribution >= 0.6 is 0 Å². The summed E-state index contributed by atoms with van der Waals surface area (Å²) in [5, 5.41) is 0. The molecule has 1 fully saturated rings. The molecule has 1 atom stereocenters. The van der Waals surface area contributed by atoms with Gasteiger partial charge in [0.15, 0.2) is 0 Å². The minimum Gasteiger partial charge on any atom is -0.496 e. The van der Waals surface area contributed by atoms with E-state index in [1.54, 1.807) is 38.0 Å². The monoisotopic (exact) mass is 374 g/mol. The van der Waals surface area contributed by atoms with Crippen molar-refractivity contribution in [3.63, 3.8) is 0 Å². The Morgan fingerprint density at radius 1 is 1.11 bits per heavy atom. The van der Waals surface area contributed by atoms with Crippen LogP contribution in [-0.2, 0) is 0 Å². The number of methoxy groups -OCH3 is 1. The van der Waals surface area contributed by atoms with E-state index in [4.69, 9.17) is 4.74 Å². The highest BCUT2D eigenvalue weighted by Crippen LogP contribution is 2.35. The second kappa shape index (κ2) is 8.17. The molecule has 1 amide bonds. The molecular weight excluding hydrogens is 352 g/mol. The third-order valence-electron chi connectivity index (χ3n) is 5.09. The van der Waals surface area contributed by atoms with Gasteiger partial charge in [-0.15, -0.1) is 0 Å². The Bertz CT molecular complexity index is 962. The maximum atomic E-state index is 12.9. The van der Waals surface area contributed by atoms with E-state index in [1.165, 1.54) is 0 Å². The van der Waals surface area contributed by atoms with Gasteiger partial charge < -0.3 is 9.64 Å². The number of para-hydroxylation sites is 1. The molecule has 1 aliphatic heterocycles. The van der Waals surface area contributed by atoms with Crippen LogP contribution in [0.4, 0.5) is 0 Å². The summed E-state index contributed by atoms with van der Waals surface area (Å²) >= 11 is 0. The van der Waals surface area contributed by atoms with E-state index >= 15 is 0 Å². The first-order valence-electron chi connectivity index (χ1n) is 9.41. The second-order valence-corrected chi connectivity index (χ2v) is 6.82. The molecule has 0 spiro atoms. The van der Waals surface area contributed by atoms with Crippen LogP contribution < -0.4 is 4.74 Å². The fraction of sp³-hybridized carbons (Fsp3) is 0.273. The van der Waals surface area contributed by atoms with Crippen molar-refractivity contribution in [3.05, 3.63) is 72.4 Å². The molecule has 0 saturated carbocycles. The van der Waals surface area contributed by atoms with Crippen LogP contribution in [0.2, 0.25) is 0 Å². The van der Waals surface area contributed by atoms with Gasteiger partial charge in [0.05, 0.1) is 24.1 Å². The number of aromatic nitrogens is 3. The Labute approximate surface area is 164 Å². The summed E-state index contributed by atoms with van der Waals surface area (Å²) in [7, 11) is 1.66. The highest BCUT2D eigenvalue weighted by atomic mass is 16.5. The topological polar surface area (TPSA) is 68.2 Å². The van der Waals surface area contributed by atoms with Crippen molar-refractivity contribution in [1.29, 1.82) is 0 Å². The van der Waals surface area contributed by atoms with Crippen LogP contribution in [0.1, 0.15) is 34.8 Å². The second-order valence-electron chi connectivity index (χ2n) is 6.82. The van der Waals surface area contributed by atoms with Crippen LogP contribution in [-0.4, -0.2) is 46.0 Å². The van der Waals surface area contributed by atoms with Crippen molar-refractivity contribution in [2.75, 3.05) is 20.2 Å². The number of hydrogen-bond acceptors (Lipinski definition) is 5. The average Bonchev–Trinajstić information content (AvgIpc) is 2.79. The van der Waals surface area contributed by atoms with Gasteiger partial charge in [0, 0.05) is 49.4 Å². The van der Waals surface area contributed by atoms with Gasteiger partial charge in [-0.25, -0.2) is 0 Å². The number of piperidine rings is 1. The number of carbonyl (C=O) groups excluding carboxylic acids is 1. The molecule has 0 radical (unpaired) electrons. The molecule has 28 heavy (non-hydrogen) atoms. The van der Waals surface area contributed by atoms with Crippen molar-refractivity contribution in [2.45, 2.75) is 18.8 Å². The van der Waals surface area contributed by atoms with Crippen LogP contribution in [0.15, 0.2) is 61.2 Å². The number of pyridine rings is 1. The zero-order chi connectivity index (χ0) is 19.3. The number of ether oxygens (including phenoxy) is 1. The lowest BCUT2D eigenvalue weighted by Crippen LogP contribution is -2.39. The number of carbonyl (C=O) groups is 1. The molecule has 3 heterocycles. The molecule has 2 aromatic heterocycles. The van der Waals surface area contributed by atoms with Crippen molar-refractivity contribution in [2.24, 2.45) is 0 Å². The fourth-order valence-electron chi connectivity index (χ4n) is 3.75. The van der Waals surface area contributed by atoms with Gasteiger partial charge in [0.1, 0.15) is 5.75 Å². The summed E-state index contributed by atoms with van der Waals surface area (Å²) in [6.45, 7) is 1.36. The Morgan fingerprint density at radius 3 is 2.79 bits per heavy atom. The van der Waals surface area contributed by atoms with Crippen LogP contribution in [0.5, 0.6) is 5.75 Å². The van der Waals surface area contributed by atoms with E-state index in [2.05, 4.69) is 15.0 Å². The summed E-state index contributed by atoms with van der Waals surface area (Å²) in [5.74, 6) is 0.909. The number of benzene rings is 1. The molecular formula is C22H22N4O2. The summed E-state index contributed by atoms with van der Waals surface area (Å²) in [6.07, 6.45) is 8.61. The Hall–Kier alpha value is -3.28. The lowest BCUT2D eigenvalue weighted by molar-refractivity contribution is 0.0705. The molecule has 1 saturated heterocycles. The molecule has 1 aliphatic rings. The van der Waals surface area contributed by atoms with Gasteiger partial charge in [0.2, 0.25) is 0 Å². The number of amides is 1. The van der Waals surface area contributed by atoms with Crippen molar-refractivity contribution >= 4 is 5.91 Å². The standard InChI is InChI=1S/C22H22N4O2/c1-28-19-9-3-2-8-18(19)21-20(24-11-12-25-21)17-7-5-13-26(15-17)22(27)16-6-4-10-23-14-16/h2-4,6,8-12,14,17H,5,7,13,15H2,1H3/t17-/m0/s1. The zero-order valence-corrected chi connectivity index (χ0v) is 15.8. The Balaban J connectivity index is 1.64. The maximum Gasteiger partial charge on any atom is 0.255 e. The quantitative estimate of drug-likeness (QED) is 0.698. The molecule has 0 unspecified atom stereocenters. The molecule has 0 bridgehead atoms. The van der Waals surface area contributed by atoms with Crippen LogP contribution in [0.25, 0.3) is 11.3 Å². The third kappa shape index (κ3) is 3.58. The first-order valence-corrected chi connectivity index (χ1v) is 9.41. The van der Waals surface area contributed by atoms with Gasteiger partial charge in [-0.05, 0) is 37.1 Å². The largest absolute Gasteiger partial charge is 0.496 e. The first-order chi connectivity index (χ1) is 13.8. The highest BCUT2D eigenvalue weighted by molar-refractivity contribution is 5.94. The number of nitrogens with zero attached hydrogens (tertiary/aromatic N) is 4. The molecule has 6 heteroatoms. The summed E-state index contributed by atoms with van der Waals surface area (Å²) in [5.41, 5.74) is 3.27. The molecule has 4 rings (SSSR count). The average molecular weight is 374 g/mol. The van der Waals surface area contributed by atoms with Gasteiger partial charge >= 0.3 is 0 Å². The lowest BCUT2D eigenvalue weighted by atomic mass is 9.91. The van der Waals surface area contributed by atoms with E-state index in [9.17, 15) is 4.79 Å². The zero-order valence-electron chi connectivity index (χ0n) is 15.8. The van der Waals surface area contributed by atoms with E-state index < -0.39 is 0 Å².